The first-order chi connectivity index (χ1) is 15.3. The molecule has 34 heavy (non-hydrogen) atoms. The standard InChI is InChI=1S/C20H25N5O7S.K/c1-20(2)14(19(31)32)25-17(30)13(18(25)33-20)24-16(29)12(8-3-5-9(26)6-4-8)23-15(28)10(21)7-11(22)27;/h3-6,10,12-14,18,26H,7,21H2,1-2H3,(H2,22,27)(H,23,28)(H,24,29)(H,31,32);/q;+1/p-1/t10?,12?,13-,14+,18-;/m1./s1. The third-order valence-corrected chi connectivity index (χ3v) is 7.07. The number of hydrogen-bond donors (Lipinski definition) is 5. The molecule has 2 unspecified atom stereocenters. The van der Waals surface area contributed by atoms with Gasteiger partial charge in [0, 0.05) is 4.75 Å². The van der Waals surface area contributed by atoms with Crippen molar-refractivity contribution in [2.24, 2.45) is 11.5 Å². The molecular formula is C20H24KN5O7S. The first kappa shape index (κ1) is 28.6. The van der Waals surface area contributed by atoms with E-state index in [-0.39, 0.29) is 62.7 Å². The second kappa shape index (κ2) is 10.9. The number of nitrogens with zero attached hydrogens (tertiary/aromatic N) is 1. The van der Waals surface area contributed by atoms with E-state index in [0.717, 1.165) is 0 Å². The molecule has 0 aromatic heterocycles. The van der Waals surface area contributed by atoms with Gasteiger partial charge in [0.15, 0.2) is 0 Å². The predicted molar refractivity (Wildman–Crippen MR) is 114 cm³/mol. The summed E-state index contributed by atoms with van der Waals surface area (Å²) in [5.74, 6) is -4.41. The number of nitrogens with two attached hydrogens (primary N) is 2. The fraction of sp³-hybridized carbons (Fsp3) is 0.450. The average molecular weight is 518 g/mol. The van der Waals surface area contributed by atoms with E-state index < -0.39 is 70.3 Å². The monoisotopic (exact) mass is 517 g/mol. The molecule has 2 heterocycles. The van der Waals surface area contributed by atoms with Crippen LogP contribution >= 0.6 is 11.8 Å². The zero-order chi connectivity index (χ0) is 24.7. The number of hydrogen-bond acceptors (Lipinski definition) is 9. The smallest absolute Gasteiger partial charge is 0.548 e. The van der Waals surface area contributed by atoms with E-state index in [2.05, 4.69) is 10.6 Å². The molecule has 0 radical (unpaired) electrons. The summed E-state index contributed by atoms with van der Waals surface area (Å²) in [7, 11) is 0. The zero-order valence-corrected chi connectivity index (χ0v) is 22.7. The van der Waals surface area contributed by atoms with E-state index in [0.29, 0.717) is 0 Å². The zero-order valence-electron chi connectivity index (χ0n) is 18.8. The molecule has 7 N–H and O–H groups in total. The maximum atomic E-state index is 13.1. The number of primary amides is 1. The minimum Gasteiger partial charge on any atom is -0.548 e. The van der Waals surface area contributed by atoms with Crippen LogP contribution in [0.1, 0.15) is 31.9 Å². The van der Waals surface area contributed by atoms with Crippen LogP contribution in [-0.2, 0) is 24.0 Å². The molecule has 2 fully saturated rings. The number of aliphatic carboxylic acids is 1. The number of nitrogens with one attached hydrogen (secondary N) is 2. The van der Waals surface area contributed by atoms with Gasteiger partial charge in [-0.15, -0.1) is 11.8 Å². The number of aromatic hydroxyl groups is 1. The number of benzene rings is 1. The van der Waals surface area contributed by atoms with Crippen molar-refractivity contribution < 1.29 is 85.6 Å². The molecule has 2 aliphatic rings. The normalized spacial score (nSPS) is 24.0. The fourth-order valence-electron chi connectivity index (χ4n) is 3.89. The largest absolute Gasteiger partial charge is 1.00 e. The molecular weight excluding hydrogens is 493 g/mol. The first-order valence-electron chi connectivity index (χ1n) is 9.98. The Balaban J connectivity index is 0.00000408. The summed E-state index contributed by atoms with van der Waals surface area (Å²) >= 11 is 1.22. The van der Waals surface area contributed by atoms with Crippen molar-refractivity contribution in [3.8, 4) is 5.75 Å². The fourth-order valence-corrected chi connectivity index (χ4v) is 5.51. The molecule has 14 heteroatoms. The molecule has 5 atom stereocenters. The summed E-state index contributed by atoms with van der Waals surface area (Å²) in [6, 6.07) is 0.639. The summed E-state index contributed by atoms with van der Waals surface area (Å²) in [4.78, 5) is 62.0. The number of carbonyl (C=O) groups excluding carboxylic acids is 5. The summed E-state index contributed by atoms with van der Waals surface area (Å²) in [5, 5.41) is 25.4. The summed E-state index contributed by atoms with van der Waals surface area (Å²) in [6.07, 6.45) is -0.440. The summed E-state index contributed by atoms with van der Waals surface area (Å²) in [5.41, 5.74) is 11.0. The number of rotatable bonds is 8. The van der Waals surface area contributed by atoms with E-state index in [9.17, 15) is 34.2 Å². The number of carboxylic acids is 1. The van der Waals surface area contributed by atoms with Crippen LogP contribution in [0.15, 0.2) is 24.3 Å². The Hall–Kier alpha value is -1.68. The van der Waals surface area contributed by atoms with Gasteiger partial charge in [0.25, 0.3) is 0 Å². The Labute approximate surface area is 242 Å². The third-order valence-electron chi connectivity index (χ3n) is 5.50. The molecule has 1 aromatic rings. The molecule has 4 amide bonds. The molecule has 12 nitrogen and oxygen atoms in total. The maximum Gasteiger partial charge on any atom is 1.00 e. The Morgan fingerprint density at radius 2 is 1.79 bits per heavy atom. The maximum absolute atomic E-state index is 13.1. The SMILES string of the molecule is CC1(C)S[C@@H]2[C@H](NC(=O)C(NC(=O)C(N)CC(N)=O)c3ccc(O)cc3)C(=O)N2[C@H]1C(=O)[O-].[K+]. The number of β-lactam (4-membered cyclic amide) rings is 1. The average Bonchev–Trinajstić information content (AvgIpc) is 2.98. The number of carbonyl (C=O) groups is 5. The second-order valence-electron chi connectivity index (χ2n) is 8.38. The molecule has 0 bridgehead atoms. The molecule has 3 rings (SSSR count). The predicted octanol–water partition coefficient (Wildman–Crippen LogP) is -5.95. The molecule has 1 aromatic carbocycles. The van der Waals surface area contributed by atoms with Crippen LogP contribution in [0.25, 0.3) is 0 Å². The Bertz CT molecular complexity index is 1010. The van der Waals surface area contributed by atoms with Crippen LogP contribution in [0.5, 0.6) is 5.75 Å². The molecule has 2 saturated heterocycles. The number of phenols is 1. The van der Waals surface area contributed by atoms with Gasteiger partial charge in [-0.05, 0) is 31.5 Å². The van der Waals surface area contributed by atoms with Crippen LogP contribution in [0.4, 0.5) is 0 Å². The number of thioether (sulfide) groups is 1. The van der Waals surface area contributed by atoms with Crippen molar-refractivity contribution in [3.05, 3.63) is 29.8 Å². The summed E-state index contributed by atoms with van der Waals surface area (Å²) < 4.78 is -0.829. The molecule has 178 valence electrons. The topological polar surface area (TPSA) is 208 Å². The van der Waals surface area contributed by atoms with Gasteiger partial charge in [0.05, 0.1) is 24.5 Å². The van der Waals surface area contributed by atoms with E-state index in [4.69, 9.17) is 11.5 Å². The van der Waals surface area contributed by atoms with Crippen LogP contribution in [0.2, 0.25) is 0 Å². The van der Waals surface area contributed by atoms with Crippen molar-refractivity contribution in [3.63, 3.8) is 0 Å². The van der Waals surface area contributed by atoms with Gasteiger partial charge in [-0.3, -0.25) is 19.2 Å². The van der Waals surface area contributed by atoms with Gasteiger partial charge in [-0.1, -0.05) is 12.1 Å². The van der Waals surface area contributed by atoms with Crippen molar-refractivity contribution in [1.29, 1.82) is 0 Å². The van der Waals surface area contributed by atoms with Gasteiger partial charge in [0.1, 0.15) is 23.2 Å². The third kappa shape index (κ3) is 5.75. The quantitative estimate of drug-likeness (QED) is 0.164. The first-order valence-corrected chi connectivity index (χ1v) is 10.9. The van der Waals surface area contributed by atoms with Crippen molar-refractivity contribution in [1.82, 2.24) is 15.5 Å². The molecule has 2 aliphatic heterocycles. The van der Waals surface area contributed by atoms with Crippen molar-refractivity contribution in [2.75, 3.05) is 0 Å². The molecule has 0 spiro atoms. The second-order valence-corrected chi connectivity index (χ2v) is 10.1. The number of amides is 4. The van der Waals surface area contributed by atoms with Crippen molar-refractivity contribution >= 4 is 41.4 Å². The summed E-state index contributed by atoms with van der Waals surface area (Å²) in [6.45, 7) is 3.34. The van der Waals surface area contributed by atoms with E-state index in [1.165, 1.54) is 40.9 Å². The Kier molecular flexibility index (Phi) is 9.18. The van der Waals surface area contributed by atoms with Gasteiger partial charge < -0.3 is 42.0 Å². The van der Waals surface area contributed by atoms with Gasteiger partial charge in [-0.2, -0.15) is 0 Å². The van der Waals surface area contributed by atoms with E-state index in [1.54, 1.807) is 13.8 Å². The van der Waals surface area contributed by atoms with Gasteiger partial charge >= 0.3 is 51.4 Å². The van der Waals surface area contributed by atoms with E-state index in [1.807, 2.05) is 0 Å². The van der Waals surface area contributed by atoms with Crippen LogP contribution in [0.3, 0.4) is 0 Å². The number of phenolic OH excluding ortho intramolecular Hbond substituents is 1. The Morgan fingerprint density at radius 1 is 1.21 bits per heavy atom. The minimum absolute atomic E-state index is 0. The minimum atomic E-state index is -1.38. The van der Waals surface area contributed by atoms with Gasteiger partial charge in [0.2, 0.25) is 23.6 Å². The molecule has 0 saturated carbocycles. The van der Waals surface area contributed by atoms with Crippen molar-refractivity contribution in [2.45, 2.75) is 54.6 Å². The number of carboxylic acid groups (broad SMARTS) is 1. The van der Waals surface area contributed by atoms with Gasteiger partial charge in [-0.25, -0.2) is 0 Å². The molecule has 0 aliphatic carbocycles. The van der Waals surface area contributed by atoms with Crippen LogP contribution in [-0.4, -0.2) is 67.9 Å². The number of fused-ring (bicyclic) bond motifs is 1. The Morgan fingerprint density at radius 3 is 2.32 bits per heavy atom. The van der Waals surface area contributed by atoms with E-state index >= 15 is 0 Å². The van der Waals surface area contributed by atoms with Crippen LogP contribution in [0, 0.1) is 0 Å². The van der Waals surface area contributed by atoms with Crippen LogP contribution < -0.4 is 78.6 Å².